The molecule has 1 aromatic rings. The van der Waals surface area contributed by atoms with Crippen LogP contribution in [0.3, 0.4) is 0 Å². The lowest BCUT2D eigenvalue weighted by Crippen LogP contribution is -2.57. The number of aromatic nitrogens is 3. The summed E-state index contributed by atoms with van der Waals surface area (Å²) in [5, 5.41) is 27.9. The molecule has 2 heterocycles. The normalized spacial score (nSPS) is 27.6. The number of hydrogen-bond acceptors (Lipinski definition) is 5. The molecule has 1 amide bonds. The van der Waals surface area contributed by atoms with Crippen LogP contribution in [0.25, 0.3) is 0 Å². The van der Waals surface area contributed by atoms with Crippen LogP contribution in [0, 0.1) is 0 Å². The highest BCUT2D eigenvalue weighted by molar-refractivity contribution is 5.85. The number of aliphatic hydroxyl groups is 2. The Morgan fingerprint density at radius 1 is 1.26 bits per heavy atom. The van der Waals surface area contributed by atoms with Crippen molar-refractivity contribution in [1.29, 1.82) is 0 Å². The van der Waals surface area contributed by atoms with Crippen LogP contribution < -0.4 is 0 Å². The molecule has 1 aliphatic carbocycles. The van der Waals surface area contributed by atoms with Gasteiger partial charge in [-0.25, -0.2) is 4.68 Å². The lowest BCUT2D eigenvalue weighted by atomic mass is 9.92. The summed E-state index contributed by atoms with van der Waals surface area (Å²) in [6, 6.07) is 0. The molecule has 1 atom stereocenters. The Bertz CT molecular complexity index is 575. The zero-order valence-electron chi connectivity index (χ0n) is 12.7. The van der Waals surface area contributed by atoms with Gasteiger partial charge in [-0.1, -0.05) is 18.1 Å². The fourth-order valence-electron chi connectivity index (χ4n) is 3.45. The highest BCUT2D eigenvalue weighted by Crippen LogP contribution is 2.43. The smallest absolute Gasteiger partial charge is 0.352 e. The molecule has 9 heteroatoms. The zero-order valence-corrected chi connectivity index (χ0v) is 12.7. The lowest BCUT2D eigenvalue weighted by Gasteiger charge is -2.34. The monoisotopic (exact) mass is 330 g/mol. The van der Waals surface area contributed by atoms with Crippen LogP contribution in [0.1, 0.15) is 32.1 Å². The van der Waals surface area contributed by atoms with Crippen LogP contribution in [-0.2, 0) is 11.3 Å². The van der Waals surface area contributed by atoms with Crippen LogP contribution in [0.5, 0.6) is 0 Å². The molecule has 0 radical (unpaired) electrons. The Morgan fingerprint density at radius 2 is 1.96 bits per heavy atom. The summed E-state index contributed by atoms with van der Waals surface area (Å²) >= 11 is 0. The van der Waals surface area contributed by atoms with Crippen LogP contribution in [0.4, 0.5) is 8.78 Å². The quantitative estimate of drug-likeness (QED) is 0.822. The molecule has 0 bridgehead atoms. The van der Waals surface area contributed by atoms with Gasteiger partial charge in [0.25, 0.3) is 5.91 Å². The first-order chi connectivity index (χ1) is 10.8. The molecule has 128 valence electrons. The predicted molar refractivity (Wildman–Crippen MR) is 74.5 cm³/mol. The van der Waals surface area contributed by atoms with Gasteiger partial charge in [0.15, 0.2) is 0 Å². The van der Waals surface area contributed by atoms with Crippen molar-refractivity contribution in [1.82, 2.24) is 19.9 Å². The SMILES string of the molecule is O=C(N1CCC(O)(Cn2ccnn2)C1)C(F)(F)C1(O)CCCC1. The third-order valence-corrected chi connectivity index (χ3v) is 4.83. The van der Waals surface area contributed by atoms with Gasteiger partial charge in [0, 0.05) is 12.7 Å². The molecular weight excluding hydrogens is 310 g/mol. The summed E-state index contributed by atoms with van der Waals surface area (Å²) in [5.74, 6) is -5.24. The Balaban J connectivity index is 1.69. The number of hydrogen-bond donors (Lipinski definition) is 2. The van der Waals surface area contributed by atoms with E-state index in [1.165, 1.54) is 10.9 Å². The first kappa shape index (κ1) is 16.3. The number of carbonyl (C=O) groups is 1. The molecule has 1 saturated carbocycles. The van der Waals surface area contributed by atoms with Crippen LogP contribution in [0.2, 0.25) is 0 Å². The van der Waals surface area contributed by atoms with E-state index in [4.69, 9.17) is 0 Å². The van der Waals surface area contributed by atoms with E-state index in [1.807, 2.05) is 0 Å². The summed E-state index contributed by atoms with van der Waals surface area (Å²) < 4.78 is 30.3. The first-order valence-electron chi connectivity index (χ1n) is 7.72. The average molecular weight is 330 g/mol. The van der Waals surface area contributed by atoms with Crippen LogP contribution in [-0.4, -0.2) is 66.2 Å². The Morgan fingerprint density at radius 3 is 2.57 bits per heavy atom. The number of carbonyl (C=O) groups excluding carboxylic acids is 1. The zero-order chi connectivity index (χ0) is 16.7. The van der Waals surface area contributed by atoms with Crippen LogP contribution >= 0.6 is 0 Å². The number of alkyl halides is 2. The minimum atomic E-state index is -3.83. The van der Waals surface area contributed by atoms with Gasteiger partial charge in [-0.05, 0) is 19.3 Å². The van der Waals surface area contributed by atoms with Gasteiger partial charge in [-0.2, -0.15) is 8.78 Å². The Hall–Kier alpha value is -1.61. The molecule has 1 unspecified atom stereocenters. The topological polar surface area (TPSA) is 91.5 Å². The van der Waals surface area contributed by atoms with Gasteiger partial charge in [0.2, 0.25) is 0 Å². The molecule has 1 aliphatic heterocycles. The fourth-order valence-corrected chi connectivity index (χ4v) is 3.45. The second kappa shape index (κ2) is 5.48. The van der Waals surface area contributed by atoms with Gasteiger partial charge < -0.3 is 15.1 Å². The Kier molecular flexibility index (Phi) is 3.88. The number of likely N-dealkylation sites (tertiary alicyclic amines) is 1. The number of amides is 1. The molecule has 1 aromatic heterocycles. The van der Waals surface area contributed by atoms with Crippen molar-refractivity contribution in [2.45, 2.75) is 55.8 Å². The highest BCUT2D eigenvalue weighted by atomic mass is 19.3. The molecule has 0 aromatic carbocycles. The summed E-state index contributed by atoms with van der Waals surface area (Å²) in [6.07, 6.45) is 3.98. The van der Waals surface area contributed by atoms with E-state index in [9.17, 15) is 23.8 Å². The summed E-state index contributed by atoms with van der Waals surface area (Å²) in [6.45, 7) is -0.111. The molecule has 2 aliphatic rings. The maximum absolute atomic E-state index is 14.4. The van der Waals surface area contributed by atoms with Gasteiger partial charge in [-0.15, -0.1) is 5.10 Å². The summed E-state index contributed by atoms with van der Waals surface area (Å²) in [7, 11) is 0. The summed E-state index contributed by atoms with van der Waals surface area (Å²) in [4.78, 5) is 13.2. The van der Waals surface area contributed by atoms with Crippen molar-refractivity contribution in [3.63, 3.8) is 0 Å². The molecular formula is C14H20F2N4O3. The molecule has 7 nitrogen and oxygen atoms in total. The van der Waals surface area contributed by atoms with Gasteiger partial charge >= 0.3 is 5.92 Å². The predicted octanol–water partition coefficient (Wildman–Crippen LogP) is 0.182. The van der Waals surface area contributed by atoms with E-state index in [1.54, 1.807) is 6.20 Å². The maximum atomic E-state index is 14.4. The molecule has 1 saturated heterocycles. The molecule has 0 spiro atoms. The number of halogens is 2. The molecule has 3 rings (SSSR count). The maximum Gasteiger partial charge on any atom is 0.352 e. The second-order valence-electron chi connectivity index (χ2n) is 6.61. The van der Waals surface area contributed by atoms with Crippen molar-refractivity contribution in [2.24, 2.45) is 0 Å². The van der Waals surface area contributed by atoms with Gasteiger partial charge in [-0.3, -0.25) is 4.79 Å². The van der Waals surface area contributed by atoms with Crippen molar-refractivity contribution < 1.29 is 23.8 Å². The van der Waals surface area contributed by atoms with Gasteiger partial charge in [0.1, 0.15) is 11.2 Å². The van der Waals surface area contributed by atoms with Crippen molar-refractivity contribution in [3.05, 3.63) is 12.4 Å². The average Bonchev–Trinajstić information content (AvgIpc) is 3.21. The van der Waals surface area contributed by atoms with Crippen LogP contribution in [0.15, 0.2) is 12.4 Å². The van der Waals surface area contributed by atoms with E-state index in [0.29, 0.717) is 12.8 Å². The number of β-amino-alcohol motifs (C(OH)–C–C–N with tert-alkyl or cyclic N) is 1. The minimum absolute atomic E-state index is 0.0235. The molecule has 2 N–H and O–H groups in total. The van der Waals surface area contributed by atoms with E-state index in [0.717, 1.165) is 4.90 Å². The molecule has 23 heavy (non-hydrogen) atoms. The molecule has 2 fully saturated rings. The second-order valence-corrected chi connectivity index (χ2v) is 6.61. The van der Waals surface area contributed by atoms with E-state index in [-0.39, 0.29) is 38.9 Å². The Labute approximate surface area is 131 Å². The van der Waals surface area contributed by atoms with E-state index in [2.05, 4.69) is 10.3 Å². The number of nitrogens with zero attached hydrogens (tertiary/aromatic N) is 4. The summed E-state index contributed by atoms with van der Waals surface area (Å²) in [5.41, 5.74) is -3.59. The first-order valence-corrected chi connectivity index (χ1v) is 7.72. The van der Waals surface area contributed by atoms with Gasteiger partial charge in [0.05, 0.1) is 19.3 Å². The van der Waals surface area contributed by atoms with Crippen molar-refractivity contribution in [2.75, 3.05) is 13.1 Å². The van der Waals surface area contributed by atoms with E-state index >= 15 is 0 Å². The third-order valence-electron chi connectivity index (χ3n) is 4.83. The lowest BCUT2D eigenvalue weighted by molar-refractivity contribution is -0.200. The van der Waals surface area contributed by atoms with Crippen molar-refractivity contribution in [3.8, 4) is 0 Å². The minimum Gasteiger partial charge on any atom is -0.386 e. The standard InChI is InChI=1S/C14H20F2N4O3/c15-14(16,13(23)3-1-2-4-13)11(21)19-7-5-12(22,9-19)10-20-8-6-17-18-20/h6,8,22-23H,1-5,7,9-10H2. The van der Waals surface area contributed by atoms with Crippen molar-refractivity contribution >= 4 is 5.91 Å². The largest absolute Gasteiger partial charge is 0.386 e. The fraction of sp³-hybridized carbons (Fsp3) is 0.786. The third kappa shape index (κ3) is 2.83. The number of rotatable bonds is 4. The highest BCUT2D eigenvalue weighted by Gasteiger charge is 2.61. The van der Waals surface area contributed by atoms with E-state index < -0.39 is 23.0 Å².